The first kappa shape index (κ1) is 20.3. The summed E-state index contributed by atoms with van der Waals surface area (Å²) in [5.41, 5.74) is 2.47. The van der Waals surface area contributed by atoms with Crippen LogP contribution in [0.2, 0.25) is 0 Å². The Kier molecular flexibility index (Phi) is 6.95. The van der Waals surface area contributed by atoms with Gasteiger partial charge in [0.05, 0.1) is 6.54 Å². The maximum Gasteiger partial charge on any atom is 0.401 e. The van der Waals surface area contributed by atoms with Crippen molar-refractivity contribution in [2.24, 2.45) is 10.9 Å². The summed E-state index contributed by atoms with van der Waals surface area (Å²) >= 11 is 0. The summed E-state index contributed by atoms with van der Waals surface area (Å²) in [6.07, 6.45) is -2.34. The van der Waals surface area contributed by atoms with E-state index in [0.29, 0.717) is 19.6 Å². The Hall–Kier alpha value is -1.03. The fraction of sp³-hybridized carbons (Fsp3) is 0.588. The van der Waals surface area contributed by atoms with Crippen molar-refractivity contribution in [3.63, 3.8) is 0 Å². The second-order valence-electron chi connectivity index (χ2n) is 6.46. The fourth-order valence-corrected chi connectivity index (χ4v) is 3.57. The third-order valence-electron chi connectivity index (χ3n) is 4.68. The second-order valence-corrected chi connectivity index (χ2v) is 6.46. The summed E-state index contributed by atoms with van der Waals surface area (Å²) in [5.74, 6) is 1.02. The van der Waals surface area contributed by atoms with Gasteiger partial charge in [-0.1, -0.05) is 18.2 Å². The molecule has 2 heterocycles. The number of alkyl halides is 3. The number of fused-ring (bicyclic) bond motifs is 1. The molecule has 8 heteroatoms. The highest BCUT2D eigenvalue weighted by Crippen LogP contribution is 2.27. The highest BCUT2D eigenvalue weighted by Gasteiger charge is 2.34. The Morgan fingerprint density at radius 3 is 2.76 bits per heavy atom. The number of rotatable bonds is 3. The van der Waals surface area contributed by atoms with Gasteiger partial charge in [0, 0.05) is 32.4 Å². The Morgan fingerprint density at radius 2 is 2.04 bits per heavy atom. The third kappa shape index (κ3) is 5.22. The number of benzene rings is 1. The zero-order chi connectivity index (χ0) is 17.2. The molecule has 2 aliphatic rings. The van der Waals surface area contributed by atoms with Crippen molar-refractivity contribution >= 4 is 35.6 Å². The molecule has 1 unspecified atom stereocenters. The van der Waals surface area contributed by atoms with Gasteiger partial charge in [-0.25, -0.2) is 0 Å². The lowest BCUT2D eigenvalue weighted by atomic mass is 10.1. The molecule has 0 spiro atoms. The van der Waals surface area contributed by atoms with E-state index in [4.69, 9.17) is 0 Å². The molecule has 0 bridgehead atoms. The highest BCUT2D eigenvalue weighted by atomic mass is 127. The Morgan fingerprint density at radius 1 is 1.28 bits per heavy atom. The number of nitrogens with zero attached hydrogens (tertiary/aromatic N) is 3. The van der Waals surface area contributed by atoms with Crippen molar-refractivity contribution in [1.82, 2.24) is 10.2 Å². The summed E-state index contributed by atoms with van der Waals surface area (Å²) in [5, 5.41) is 3.35. The van der Waals surface area contributed by atoms with E-state index in [9.17, 15) is 13.2 Å². The maximum absolute atomic E-state index is 12.5. The number of anilines is 1. The molecule has 0 aliphatic carbocycles. The zero-order valence-electron chi connectivity index (χ0n) is 14.2. The first-order chi connectivity index (χ1) is 11.5. The number of halogens is 4. The van der Waals surface area contributed by atoms with Crippen molar-refractivity contribution < 1.29 is 13.2 Å². The van der Waals surface area contributed by atoms with E-state index < -0.39 is 12.7 Å². The average molecular weight is 468 g/mol. The van der Waals surface area contributed by atoms with Crippen LogP contribution in [0.25, 0.3) is 0 Å². The minimum absolute atomic E-state index is 0. The molecule has 25 heavy (non-hydrogen) atoms. The van der Waals surface area contributed by atoms with Crippen LogP contribution in [-0.2, 0) is 6.42 Å². The van der Waals surface area contributed by atoms with Gasteiger partial charge in [-0.15, -0.1) is 24.0 Å². The molecular weight excluding hydrogens is 444 g/mol. The lowest BCUT2D eigenvalue weighted by Crippen LogP contribution is -2.43. The monoisotopic (exact) mass is 468 g/mol. The summed E-state index contributed by atoms with van der Waals surface area (Å²) in [6, 6.07) is 8.24. The van der Waals surface area contributed by atoms with E-state index in [0.717, 1.165) is 31.0 Å². The predicted molar refractivity (Wildman–Crippen MR) is 105 cm³/mol. The molecule has 1 saturated heterocycles. The van der Waals surface area contributed by atoms with Gasteiger partial charge in [0.2, 0.25) is 0 Å². The standard InChI is InChI=1S/C17H23F3N4.HI/c1-21-16(24-9-7-14-4-2-3-5-15(14)24)22-10-13-6-8-23(11-13)12-17(18,19)20;/h2-5,13H,6-12H2,1H3,(H,21,22);1H. The van der Waals surface area contributed by atoms with E-state index in [1.807, 2.05) is 12.1 Å². The minimum atomic E-state index is -4.11. The van der Waals surface area contributed by atoms with Gasteiger partial charge in [-0.2, -0.15) is 13.2 Å². The maximum atomic E-state index is 12.5. The molecule has 1 fully saturated rings. The van der Waals surface area contributed by atoms with Crippen molar-refractivity contribution in [3.8, 4) is 0 Å². The van der Waals surface area contributed by atoms with Crippen LogP contribution in [0.3, 0.4) is 0 Å². The number of aliphatic imine (C=N–C) groups is 1. The molecule has 1 N–H and O–H groups in total. The topological polar surface area (TPSA) is 30.9 Å². The van der Waals surface area contributed by atoms with Crippen LogP contribution < -0.4 is 10.2 Å². The molecule has 1 aromatic carbocycles. The summed E-state index contributed by atoms with van der Waals surface area (Å²) in [6.45, 7) is 1.72. The predicted octanol–water partition coefficient (Wildman–Crippen LogP) is 3.13. The van der Waals surface area contributed by atoms with E-state index in [1.54, 1.807) is 7.05 Å². The number of hydrogen-bond donors (Lipinski definition) is 1. The molecule has 140 valence electrons. The highest BCUT2D eigenvalue weighted by molar-refractivity contribution is 14.0. The zero-order valence-corrected chi connectivity index (χ0v) is 16.6. The van der Waals surface area contributed by atoms with E-state index in [2.05, 4.69) is 27.3 Å². The minimum Gasteiger partial charge on any atom is -0.356 e. The SMILES string of the molecule is CN=C(NCC1CCN(CC(F)(F)F)C1)N1CCc2ccccc21.I. The fourth-order valence-electron chi connectivity index (χ4n) is 3.57. The van der Waals surface area contributed by atoms with Gasteiger partial charge >= 0.3 is 6.18 Å². The normalized spacial score (nSPS) is 21.2. The molecule has 0 saturated carbocycles. The Bertz CT molecular complexity index is 606. The van der Waals surface area contributed by atoms with Crippen molar-refractivity contribution in [3.05, 3.63) is 29.8 Å². The van der Waals surface area contributed by atoms with Gasteiger partial charge in [-0.05, 0) is 36.9 Å². The van der Waals surface area contributed by atoms with Crippen LogP contribution in [0.5, 0.6) is 0 Å². The number of likely N-dealkylation sites (tertiary alicyclic amines) is 1. The second kappa shape index (κ2) is 8.57. The largest absolute Gasteiger partial charge is 0.401 e. The van der Waals surface area contributed by atoms with Crippen LogP contribution in [-0.4, -0.2) is 56.8 Å². The quantitative estimate of drug-likeness (QED) is 0.420. The van der Waals surface area contributed by atoms with Crippen LogP contribution in [0.4, 0.5) is 18.9 Å². The molecule has 0 amide bonds. The van der Waals surface area contributed by atoms with E-state index in [-0.39, 0.29) is 29.9 Å². The van der Waals surface area contributed by atoms with Crippen molar-refractivity contribution in [1.29, 1.82) is 0 Å². The third-order valence-corrected chi connectivity index (χ3v) is 4.68. The first-order valence-corrected chi connectivity index (χ1v) is 8.31. The summed E-state index contributed by atoms with van der Waals surface area (Å²) < 4.78 is 37.4. The number of nitrogens with one attached hydrogen (secondary N) is 1. The number of para-hydroxylation sites is 1. The van der Waals surface area contributed by atoms with Gasteiger partial charge in [0.1, 0.15) is 0 Å². The van der Waals surface area contributed by atoms with Crippen LogP contribution in [0.1, 0.15) is 12.0 Å². The van der Waals surface area contributed by atoms with Crippen LogP contribution in [0, 0.1) is 5.92 Å². The van der Waals surface area contributed by atoms with Gasteiger partial charge in [-0.3, -0.25) is 9.89 Å². The Labute approximate surface area is 163 Å². The molecule has 3 rings (SSSR count). The number of guanidine groups is 1. The lowest BCUT2D eigenvalue weighted by Gasteiger charge is -2.24. The molecule has 4 nitrogen and oxygen atoms in total. The smallest absolute Gasteiger partial charge is 0.356 e. The van der Waals surface area contributed by atoms with Gasteiger partial charge < -0.3 is 10.2 Å². The molecular formula is C17H24F3IN4. The molecule has 0 radical (unpaired) electrons. The van der Waals surface area contributed by atoms with Crippen molar-refractivity contribution in [2.75, 3.05) is 44.7 Å². The van der Waals surface area contributed by atoms with Gasteiger partial charge in [0.15, 0.2) is 5.96 Å². The molecule has 2 aliphatic heterocycles. The molecule has 0 aromatic heterocycles. The van der Waals surface area contributed by atoms with Crippen LogP contribution in [0.15, 0.2) is 29.3 Å². The van der Waals surface area contributed by atoms with E-state index >= 15 is 0 Å². The number of hydrogen-bond acceptors (Lipinski definition) is 2. The molecule has 1 atom stereocenters. The van der Waals surface area contributed by atoms with E-state index in [1.165, 1.54) is 10.5 Å². The molecule has 1 aromatic rings. The summed E-state index contributed by atoms with van der Waals surface area (Å²) in [4.78, 5) is 7.98. The Balaban J connectivity index is 0.00000225. The van der Waals surface area contributed by atoms with Crippen molar-refractivity contribution in [2.45, 2.75) is 19.0 Å². The first-order valence-electron chi connectivity index (χ1n) is 8.31. The van der Waals surface area contributed by atoms with Gasteiger partial charge in [0.25, 0.3) is 0 Å². The van der Waals surface area contributed by atoms with Crippen LogP contribution >= 0.6 is 24.0 Å². The average Bonchev–Trinajstić information content (AvgIpc) is 3.14. The lowest BCUT2D eigenvalue weighted by molar-refractivity contribution is -0.143. The summed E-state index contributed by atoms with van der Waals surface area (Å²) in [7, 11) is 1.74.